The summed E-state index contributed by atoms with van der Waals surface area (Å²) in [5, 5.41) is 13.2. The molecule has 21 heavy (non-hydrogen) atoms. The molecule has 0 aliphatic rings. The number of hydrogen-bond acceptors (Lipinski definition) is 3. The number of carboxylic acids is 1. The Morgan fingerprint density at radius 3 is 2.57 bits per heavy atom. The van der Waals surface area contributed by atoms with Crippen molar-refractivity contribution >= 4 is 23.3 Å². The smallest absolute Gasteiger partial charge is 0.339 e. The van der Waals surface area contributed by atoms with Crippen LogP contribution in [0.2, 0.25) is 5.02 Å². The van der Waals surface area contributed by atoms with E-state index in [4.69, 9.17) is 11.6 Å². The molecule has 0 amide bonds. The van der Waals surface area contributed by atoms with E-state index >= 15 is 0 Å². The van der Waals surface area contributed by atoms with Crippen LogP contribution in [-0.4, -0.2) is 22.6 Å². The lowest BCUT2D eigenvalue weighted by Crippen LogP contribution is -2.12. The lowest BCUT2D eigenvalue weighted by molar-refractivity contribution is 0.0696. The van der Waals surface area contributed by atoms with Crippen molar-refractivity contribution < 1.29 is 9.90 Å². The molecule has 0 aliphatic heterocycles. The van der Waals surface area contributed by atoms with E-state index in [2.05, 4.69) is 10.3 Å². The Bertz CT molecular complexity index is 654. The van der Waals surface area contributed by atoms with Gasteiger partial charge in [-0.15, -0.1) is 0 Å². The van der Waals surface area contributed by atoms with Crippen molar-refractivity contribution in [3.63, 3.8) is 0 Å². The van der Waals surface area contributed by atoms with Crippen LogP contribution in [0.25, 0.3) is 0 Å². The summed E-state index contributed by atoms with van der Waals surface area (Å²) in [6.45, 7) is 4.20. The highest BCUT2D eigenvalue weighted by molar-refractivity contribution is 6.30. The monoisotopic (exact) mass is 304 g/mol. The average Bonchev–Trinajstić information content (AvgIpc) is 2.39. The van der Waals surface area contributed by atoms with Crippen molar-refractivity contribution in [2.45, 2.75) is 20.3 Å². The van der Waals surface area contributed by atoms with Crippen molar-refractivity contribution in [3.8, 4) is 0 Å². The van der Waals surface area contributed by atoms with E-state index in [1.807, 2.05) is 31.2 Å². The Hall–Kier alpha value is -2.07. The quantitative estimate of drug-likeness (QED) is 0.884. The van der Waals surface area contributed by atoms with E-state index in [9.17, 15) is 9.90 Å². The highest BCUT2D eigenvalue weighted by atomic mass is 35.5. The summed E-state index contributed by atoms with van der Waals surface area (Å²) in [6.07, 6.45) is 0.788. The van der Waals surface area contributed by atoms with Crippen LogP contribution in [0.5, 0.6) is 0 Å². The van der Waals surface area contributed by atoms with Crippen molar-refractivity contribution in [2.75, 3.05) is 11.9 Å². The molecule has 0 bridgehead atoms. The highest BCUT2D eigenvalue weighted by Gasteiger charge is 2.14. The number of nitrogens with zero attached hydrogens (tertiary/aromatic N) is 1. The number of carbonyl (C=O) groups is 1. The molecule has 5 heteroatoms. The van der Waals surface area contributed by atoms with Gasteiger partial charge in [0.2, 0.25) is 0 Å². The first-order valence-corrected chi connectivity index (χ1v) is 7.05. The minimum absolute atomic E-state index is 0.233. The maximum absolute atomic E-state index is 11.3. The largest absolute Gasteiger partial charge is 0.478 e. The van der Waals surface area contributed by atoms with Gasteiger partial charge in [0.05, 0.1) is 11.4 Å². The number of hydrogen-bond donors (Lipinski definition) is 2. The Kier molecular flexibility index (Phi) is 4.81. The van der Waals surface area contributed by atoms with Gasteiger partial charge in [0.15, 0.2) is 0 Å². The van der Waals surface area contributed by atoms with Crippen LogP contribution in [0.1, 0.15) is 27.3 Å². The Balaban J connectivity index is 2.09. The second kappa shape index (κ2) is 6.59. The van der Waals surface area contributed by atoms with Crippen LogP contribution in [0.15, 0.2) is 30.3 Å². The number of aromatic carboxylic acids is 1. The number of aryl methyl sites for hydroxylation is 2. The number of benzene rings is 1. The Morgan fingerprint density at radius 1 is 1.29 bits per heavy atom. The number of nitrogens with one attached hydrogen (secondary N) is 1. The first-order chi connectivity index (χ1) is 9.97. The first kappa shape index (κ1) is 15.3. The molecule has 0 atom stereocenters. The van der Waals surface area contributed by atoms with E-state index < -0.39 is 5.97 Å². The Labute approximate surface area is 128 Å². The van der Waals surface area contributed by atoms with E-state index in [0.717, 1.165) is 17.7 Å². The van der Waals surface area contributed by atoms with Crippen molar-refractivity contribution in [2.24, 2.45) is 0 Å². The summed E-state index contributed by atoms with van der Waals surface area (Å²) in [5.41, 5.74) is 3.31. The molecule has 0 saturated heterocycles. The molecule has 1 aromatic heterocycles. The molecule has 0 spiro atoms. The molecule has 2 N–H and O–H groups in total. The molecule has 2 rings (SSSR count). The summed E-state index contributed by atoms with van der Waals surface area (Å²) in [6, 6.07) is 9.38. The summed E-state index contributed by atoms with van der Waals surface area (Å²) in [5.74, 6) is -0.964. The van der Waals surface area contributed by atoms with Crippen LogP contribution in [0, 0.1) is 13.8 Å². The molecule has 0 unspecified atom stereocenters. The van der Waals surface area contributed by atoms with Gasteiger partial charge in [-0.3, -0.25) is 4.98 Å². The van der Waals surface area contributed by atoms with Gasteiger partial charge >= 0.3 is 5.97 Å². The van der Waals surface area contributed by atoms with Crippen LogP contribution in [-0.2, 0) is 6.42 Å². The number of carboxylic acid groups (broad SMARTS) is 1. The maximum Gasteiger partial charge on any atom is 0.339 e. The average molecular weight is 305 g/mol. The summed E-state index contributed by atoms with van der Waals surface area (Å²) < 4.78 is 0. The lowest BCUT2D eigenvalue weighted by atomic mass is 10.1. The predicted molar refractivity (Wildman–Crippen MR) is 84.3 cm³/mol. The number of rotatable bonds is 5. The predicted octanol–water partition coefficient (Wildman–Crippen LogP) is 3.70. The second-order valence-corrected chi connectivity index (χ2v) is 5.32. The van der Waals surface area contributed by atoms with Gasteiger partial charge in [-0.25, -0.2) is 4.79 Å². The SMILES string of the molecule is Cc1cc(NCCc2ccc(Cl)cc2)c(C(=O)O)c(C)n1. The van der Waals surface area contributed by atoms with E-state index in [1.165, 1.54) is 0 Å². The fraction of sp³-hybridized carbons (Fsp3) is 0.250. The molecular weight excluding hydrogens is 288 g/mol. The number of aromatic nitrogens is 1. The first-order valence-electron chi connectivity index (χ1n) is 6.67. The van der Waals surface area contributed by atoms with E-state index in [-0.39, 0.29) is 5.56 Å². The third-order valence-corrected chi connectivity index (χ3v) is 3.44. The van der Waals surface area contributed by atoms with Gasteiger partial charge < -0.3 is 10.4 Å². The molecule has 4 nitrogen and oxygen atoms in total. The normalized spacial score (nSPS) is 10.4. The molecule has 2 aromatic rings. The zero-order chi connectivity index (χ0) is 15.4. The zero-order valence-electron chi connectivity index (χ0n) is 12.0. The highest BCUT2D eigenvalue weighted by Crippen LogP contribution is 2.20. The van der Waals surface area contributed by atoms with Gasteiger partial charge in [-0.1, -0.05) is 23.7 Å². The maximum atomic E-state index is 11.3. The molecular formula is C16H17ClN2O2. The van der Waals surface area contributed by atoms with Gasteiger partial charge in [-0.05, 0) is 44.0 Å². The summed E-state index contributed by atoms with van der Waals surface area (Å²) >= 11 is 5.84. The number of pyridine rings is 1. The third-order valence-electron chi connectivity index (χ3n) is 3.18. The minimum atomic E-state index is -0.964. The third kappa shape index (κ3) is 3.95. The second-order valence-electron chi connectivity index (χ2n) is 4.88. The summed E-state index contributed by atoms with van der Waals surface area (Å²) in [7, 11) is 0. The van der Waals surface area contributed by atoms with Crippen LogP contribution >= 0.6 is 11.6 Å². The fourth-order valence-corrected chi connectivity index (χ4v) is 2.36. The standard InChI is InChI=1S/C16H17ClN2O2/c1-10-9-14(15(16(20)21)11(2)19-10)18-8-7-12-3-5-13(17)6-4-12/h3-6,9H,7-8H2,1-2H3,(H,18,19)(H,20,21). The lowest BCUT2D eigenvalue weighted by Gasteiger charge is -2.12. The van der Waals surface area contributed by atoms with Crippen molar-refractivity contribution in [3.05, 3.63) is 57.9 Å². The van der Waals surface area contributed by atoms with Gasteiger partial charge in [0.1, 0.15) is 5.56 Å². The van der Waals surface area contributed by atoms with Crippen LogP contribution in [0.4, 0.5) is 5.69 Å². The zero-order valence-corrected chi connectivity index (χ0v) is 12.7. The molecule has 1 aromatic carbocycles. The van der Waals surface area contributed by atoms with Gasteiger partial charge in [-0.2, -0.15) is 0 Å². The van der Waals surface area contributed by atoms with Crippen molar-refractivity contribution in [1.82, 2.24) is 4.98 Å². The van der Waals surface area contributed by atoms with E-state index in [1.54, 1.807) is 13.0 Å². The van der Waals surface area contributed by atoms with Crippen LogP contribution in [0.3, 0.4) is 0 Å². The Morgan fingerprint density at radius 2 is 1.95 bits per heavy atom. The molecule has 0 saturated carbocycles. The topological polar surface area (TPSA) is 62.2 Å². The van der Waals surface area contributed by atoms with Crippen molar-refractivity contribution in [1.29, 1.82) is 0 Å². The van der Waals surface area contributed by atoms with Gasteiger partial charge in [0.25, 0.3) is 0 Å². The number of halogens is 1. The summed E-state index contributed by atoms with van der Waals surface area (Å²) in [4.78, 5) is 15.5. The molecule has 0 aliphatic carbocycles. The fourth-order valence-electron chi connectivity index (χ4n) is 2.23. The molecule has 1 heterocycles. The minimum Gasteiger partial charge on any atom is -0.478 e. The van der Waals surface area contributed by atoms with Gasteiger partial charge in [0, 0.05) is 17.3 Å². The number of anilines is 1. The molecule has 0 radical (unpaired) electrons. The molecule has 110 valence electrons. The van der Waals surface area contributed by atoms with E-state index in [0.29, 0.717) is 22.9 Å². The van der Waals surface area contributed by atoms with Crippen LogP contribution < -0.4 is 5.32 Å². The molecule has 0 fully saturated rings.